The summed E-state index contributed by atoms with van der Waals surface area (Å²) in [6.07, 6.45) is 4.65. The van der Waals surface area contributed by atoms with Crippen molar-refractivity contribution in [1.82, 2.24) is 24.6 Å². The molecular weight excluding hydrogens is 292 g/mol. The van der Waals surface area contributed by atoms with Crippen LogP contribution >= 0.6 is 0 Å². The van der Waals surface area contributed by atoms with Gasteiger partial charge in [0.1, 0.15) is 0 Å². The summed E-state index contributed by atoms with van der Waals surface area (Å²) in [5, 5.41) is 7.26. The Hall–Kier alpha value is -2.44. The summed E-state index contributed by atoms with van der Waals surface area (Å²) in [6.45, 7) is 4.52. The molecule has 7 nitrogen and oxygen atoms in total. The molecule has 2 aromatic heterocycles. The Bertz CT molecular complexity index is 677. The summed E-state index contributed by atoms with van der Waals surface area (Å²) in [4.78, 5) is 22.3. The normalized spacial score (nSPS) is 10.7. The minimum absolute atomic E-state index is 0.102. The maximum absolute atomic E-state index is 12.3. The number of aryl methyl sites for hydroxylation is 2. The molecule has 0 radical (unpaired) electrons. The summed E-state index contributed by atoms with van der Waals surface area (Å²) in [6, 6.07) is 0. The van der Waals surface area contributed by atoms with Crippen LogP contribution in [0.3, 0.4) is 0 Å². The highest BCUT2D eigenvalue weighted by Crippen LogP contribution is 2.15. The SMILES string of the molecule is CNc1ncc(CN(C)C(=O)CCc2c(C)nn(C)c2C)cn1. The number of amides is 1. The van der Waals surface area contributed by atoms with E-state index in [1.54, 1.807) is 31.4 Å². The van der Waals surface area contributed by atoms with Crippen molar-refractivity contribution in [1.29, 1.82) is 0 Å². The number of rotatable bonds is 6. The Morgan fingerprint density at radius 1 is 1.30 bits per heavy atom. The van der Waals surface area contributed by atoms with Gasteiger partial charge in [-0.2, -0.15) is 5.10 Å². The van der Waals surface area contributed by atoms with Gasteiger partial charge >= 0.3 is 0 Å². The van der Waals surface area contributed by atoms with Gasteiger partial charge in [0.25, 0.3) is 0 Å². The van der Waals surface area contributed by atoms with Crippen molar-refractivity contribution in [2.45, 2.75) is 33.2 Å². The van der Waals surface area contributed by atoms with E-state index in [1.165, 1.54) is 0 Å². The van der Waals surface area contributed by atoms with Crippen molar-refractivity contribution in [3.05, 3.63) is 34.9 Å². The summed E-state index contributed by atoms with van der Waals surface area (Å²) in [5.41, 5.74) is 4.19. The van der Waals surface area contributed by atoms with E-state index >= 15 is 0 Å². The number of carbonyl (C=O) groups excluding carboxylic acids is 1. The summed E-state index contributed by atoms with van der Waals surface area (Å²) in [7, 11) is 5.50. The zero-order chi connectivity index (χ0) is 17.0. The van der Waals surface area contributed by atoms with Crippen molar-refractivity contribution in [2.75, 3.05) is 19.4 Å². The van der Waals surface area contributed by atoms with Crippen molar-refractivity contribution < 1.29 is 4.79 Å². The third kappa shape index (κ3) is 4.06. The molecule has 2 heterocycles. The second-order valence-corrected chi connectivity index (χ2v) is 5.69. The summed E-state index contributed by atoms with van der Waals surface area (Å²) < 4.78 is 1.86. The number of nitrogens with one attached hydrogen (secondary N) is 1. The number of aromatic nitrogens is 4. The van der Waals surface area contributed by atoms with E-state index in [9.17, 15) is 4.79 Å². The molecule has 0 saturated carbocycles. The predicted molar refractivity (Wildman–Crippen MR) is 89.1 cm³/mol. The minimum atomic E-state index is 0.102. The van der Waals surface area contributed by atoms with Gasteiger partial charge in [-0.3, -0.25) is 9.48 Å². The molecule has 2 rings (SSSR count). The van der Waals surface area contributed by atoms with E-state index in [4.69, 9.17) is 0 Å². The van der Waals surface area contributed by atoms with Gasteiger partial charge in [0.2, 0.25) is 11.9 Å². The second kappa shape index (κ2) is 7.21. The lowest BCUT2D eigenvalue weighted by molar-refractivity contribution is -0.130. The molecule has 0 aromatic carbocycles. The van der Waals surface area contributed by atoms with Crippen LogP contribution in [0.4, 0.5) is 5.95 Å². The Morgan fingerprint density at radius 2 is 1.96 bits per heavy atom. The number of anilines is 1. The molecule has 0 atom stereocenters. The Balaban J connectivity index is 1.91. The Kier molecular flexibility index (Phi) is 5.31. The first kappa shape index (κ1) is 16.9. The largest absolute Gasteiger partial charge is 0.357 e. The highest BCUT2D eigenvalue weighted by atomic mass is 16.2. The van der Waals surface area contributed by atoms with Gasteiger partial charge < -0.3 is 10.2 Å². The highest BCUT2D eigenvalue weighted by molar-refractivity contribution is 5.76. The molecule has 23 heavy (non-hydrogen) atoms. The third-order valence-corrected chi connectivity index (χ3v) is 4.02. The minimum Gasteiger partial charge on any atom is -0.357 e. The zero-order valence-electron chi connectivity index (χ0n) is 14.4. The monoisotopic (exact) mass is 316 g/mol. The van der Waals surface area contributed by atoms with E-state index in [2.05, 4.69) is 20.4 Å². The lowest BCUT2D eigenvalue weighted by Gasteiger charge is -2.17. The molecule has 1 N–H and O–H groups in total. The molecule has 1 amide bonds. The van der Waals surface area contributed by atoms with Crippen molar-refractivity contribution in [3.8, 4) is 0 Å². The van der Waals surface area contributed by atoms with E-state index < -0.39 is 0 Å². The first-order valence-corrected chi connectivity index (χ1v) is 7.64. The van der Waals surface area contributed by atoms with Crippen molar-refractivity contribution >= 4 is 11.9 Å². The van der Waals surface area contributed by atoms with Crippen LogP contribution in [0.5, 0.6) is 0 Å². The first-order chi connectivity index (χ1) is 10.9. The van der Waals surface area contributed by atoms with Crippen LogP contribution in [-0.2, 0) is 24.8 Å². The molecule has 7 heteroatoms. The number of carbonyl (C=O) groups is 1. The fourth-order valence-electron chi connectivity index (χ4n) is 2.53. The lowest BCUT2D eigenvalue weighted by Crippen LogP contribution is -2.26. The zero-order valence-corrected chi connectivity index (χ0v) is 14.4. The smallest absolute Gasteiger partial charge is 0.222 e. The van der Waals surface area contributed by atoms with Crippen LogP contribution < -0.4 is 5.32 Å². The fourth-order valence-corrected chi connectivity index (χ4v) is 2.53. The molecule has 0 aliphatic rings. The molecule has 0 aliphatic heterocycles. The summed E-state index contributed by atoms with van der Waals surface area (Å²) >= 11 is 0. The van der Waals surface area contributed by atoms with Crippen LogP contribution in [0.25, 0.3) is 0 Å². The van der Waals surface area contributed by atoms with Crippen LogP contribution in [0.15, 0.2) is 12.4 Å². The Labute approximate surface area is 136 Å². The van der Waals surface area contributed by atoms with Crippen LogP contribution in [0.2, 0.25) is 0 Å². The topological polar surface area (TPSA) is 75.9 Å². The standard InChI is InChI=1S/C16H24N6O/c1-11-14(12(2)22(5)20-11)6-7-15(23)21(4)10-13-8-18-16(17-3)19-9-13/h8-9H,6-7,10H2,1-5H3,(H,17,18,19). The first-order valence-electron chi connectivity index (χ1n) is 7.64. The molecule has 0 aliphatic carbocycles. The van der Waals surface area contributed by atoms with Gasteiger partial charge in [-0.25, -0.2) is 9.97 Å². The molecule has 0 saturated heterocycles. The van der Waals surface area contributed by atoms with Crippen molar-refractivity contribution in [2.24, 2.45) is 7.05 Å². The lowest BCUT2D eigenvalue weighted by atomic mass is 10.1. The van der Waals surface area contributed by atoms with E-state index in [0.29, 0.717) is 25.3 Å². The van der Waals surface area contributed by atoms with E-state index in [-0.39, 0.29) is 5.91 Å². The van der Waals surface area contributed by atoms with E-state index in [0.717, 1.165) is 22.5 Å². The highest BCUT2D eigenvalue weighted by Gasteiger charge is 2.14. The maximum Gasteiger partial charge on any atom is 0.222 e. The van der Waals surface area contributed by atoms with Gasteiger partial charge in [0, 0.05) is 57.8 Å². The quantitative estimate of drug-likeness (QED) is 0.873. The van der Waals surface area contributed by atoms with Crippen LogP contribution in [-0.4, -0.2) is 44.7 Å². The van der Waals surface area contributed by atoms with Gasteiger partial charge in [-0.15, -0.1) is 0 Å². The molecule has 0 fully saturated rings. The maximum atomic E-state index is 12.3. The number of nitrogens with zero attached hydrogens (tertiary/aromatic N) is 5. The molecule has 0 unspecified atom stereocenters. The third-order valence-electron chi connectivity index (χ3n) is 4.02. The van der Waals surface area contributed by atoms with Crippen LogP contribution in [0.1, 0.15) is 28.9 Å². The van der Waals surface area contributed by atoms with E-state index in [1.807, 2.05) is 25.6 Å². The number of hydrogen-bond donors (Lipinski definition) is 1. The van der Waals surface area contributed by atoms with Gasteiger partial charge in [0.15, 0.2) is 0 Å². The van der Waals surface area contributed by atoms with Gasteiger partial charge in [0.05, 0.1) is 5.69 Å². The van der Waals surface area contributed by atoms with Crippen LogP contribution in [0, 0.1) is 13.8 Å². The van der Waals surface area contributed by atoms with Gasteiger partial charge in [-0.1, -0.05) is 0 Å². The molecule has 2 aromatic rings. The molecular formula is C16H24N6O. The summed E-state index contributed by atoms with van der Waals surface area (Å²) in [5.74, 6) is 0.676. The van der Waals surface area contributed by atoms with Crippen molar-refractivity contribution in [3.63, 3.8) is 0 Å². The Morgan fingerprint density at radius 3 is 2.48 bits per heavy atom. The van der Waals surface area contributed by atoms with Gasteiger partial charge in [-0.05, 0) is 25.8 Å². The molecule has 124 valence electrons. The average Bonchev–Trinajstić information content (AvgIpc) is 2.78. The molecule has 0 bridgehead atoms. The molecule has 0 spiro atoms. The number of hydrogen-bond acceptors (Lipinski definition) is 5. The predicted octanol–water partition coefficient (Wildman–Crippen LogP) is 1.46. The fraction of sp³-hybridized carbons (Fsp3) is 0.500. The second-order valence-electron chi connectivity index (χ2n) is 5.69. The average molecular weight is 316 g/mol.